The lowest BCUT2D eigenvalue weighted by molar-refractivity contribution is 0.0978. The average Bonchev–Trinajstić information content (AvgIpc) is 2.61. The summed E-state index contributed by atoms with van der Waals surface area (Å²) in [6.07, 6.45) is 2.26. The van der Waals surface area contributed by atoms with Gasteiger partial charge >= 0.3 is 0 Å². The maximum Gasteiger partial charge on any atom is 0.261 e. The van der Waals surface area contributed by atoms with Gasteiger partial charge in [0.2, 0.25) is 5.96 Å². The smallest absolute Gasteiger partial charge is 0.261 e. The van der Waals surface area contributed by atoms with Crippen LogP contribution in [0.4, 0.5) is 11.4 Å². The van der Waals surface area contributed by atoms with Crippen molar-refractivity contribution in [2.45, 2.75) is 0 Å². The van der Waals surface area contributed by atoms with Gasteiger partial charge in [0.1, 0.15) is 0 Å². The third kappa shape index (κ3) is 6.34. The number of fused-ring (bicyclic) bond motifs is 1. The molecule has 0 unspecified atom stereocenters. The van der Waals surface area contributed by atoms with Gasteiger partial charge in [-0.3, -0.25) is 19.6 Å². The summed E-state index contributed by atoms with van der Waals surface area (Å²) in [5, 5.41) is 3.24. The summed E-state index contributed by atoms with van der Waals surface area (Å²) < 4.78 is 25.9. The van der Waals surface area contributed by atoms with Gasteiger partial charge in [0, 0.05) is 11.6 Å². The third-order valence-corrected chi connectivity index (χ3v) is 3.29. The first-order chi connectivity index (χ1) is 13.1. The molecule has 9 nitrogen and oxygen atoms in total. The van der Waals surface area contributed by atoms with E-state index in [1.165, 1.54) is 6.20 Å². The van der Waals surface area contributed by atoms with Crippen LogP contribution in [0, 0.1) is 0 Å². The number of anilines is 1. The molecule has 1 aromatic heterocycles. The van der Waals surface area contributed by atoms with Gasteiger partial charge in [-0.25, -0.2) is 4.99 Å². The second-order valence-electron chi connectivity index (χ2n) is 5.62. The number of guanidine groups is 1. The van der Waals surface area contributed by atoms with Crippen molar-refractivity contribution < 1.29 is 17.8 Å². The van der Waals surface area contributed by atoms with Crippen LogP contribution >= 0.6 is 0 Å². The maximum absolute atomic E-state index is 12.4. The molecule has 2 aromatic carbocycles. The average molecular weight is 401 g/mol. The zero-order valence-corrected chi connectivity index (χ0v) is 15.7. The molecule has 1 heterocycles. The van der Waals surface area contributed by atoms with Crippen LogP contribution in [0.3, 0.4) is 0 Å². The minimum absolute atomic E-state index is 0.0232. The van der Waals surface area contributed by atoms with Gasteiger partial charge in [-0.15, -0.1) is 0 Å². The van der Waals surface area contributed by atoms with E-state index in [0.29, 0.717) is 34.1 Å². The van der Waals surface area contributed by atoms with E-state index in [0.717, 1.165) is 0 Å². The van der Waals surface area contributed by atoms with Crippen molar-refractivity contribution in [3.05, 3.63) is 66.4 Å². The zero-order valence-electron chi connectivity index (χ0n) is 14.9. The van der Waals surface area contributed by atoms with Crippen LogP contribution in [0.15, 0.2) is 65.8 Å². The molecule has 0 aliphatic heterocycles. The summed E-state index contributed by atoms with van der Waals surface area (Å²) in [5.41, 5.74) is 13.9. The highest BCUT2D eigenvalue weighted by Crippen LogP contribution is 2.21. The summed E-state index contributed by atoms with van der Waals surface area (Å²) in [6, 6.07) is 16.1. The van der Waals surface area contributed by atoms with E-state index >= 15 is 0 Å². The zero-order chi connectivity index (χ0) is 20.7. The lowest BCUT2D eigenvalue weighted by Crippen LogP contribution is -2.36. The molecule has 0 bridgehead atoms. The molecule has 0 atom stereocenters. The van der Waals surface area contributed by atoms with E-state index in [2.05, 4.69) is 15.3 Å². The number of aromatic nitrogens is 1. The Bertz CT molecular complexity index is 1110. The number of nitrogens with one attached hydrogen (secondary N) is 1. The van der Waals surface area contributed by atoms with Crippen LogP contribution in [0.1, 0.15) is 10.4 Å². The molecule has 146 valence electrons. The highest BCUT2D eigenvalue weighted by Gasteiger charge is 2.12. The molecule has 28 heavy (non-hydrogen) atoms. The fourth-order valence-electron chi connectivity index (χ4n) is 2.25. The fourth-order valence-corrected chi connectivity index (χ4v) is 2.25. The Kier molecular flexibility index (Phi) is 6.64. The molecule has 0 radical (unpaired) electrons. The van der Waals surface area contributed by atoms with Crippen molar-refractivity contribution in [3.8, 4) is 0 Å². The van der Waals surface area contributed by atoms with Gasteiger partial charge in [0.15, 0.2) is 0 Å². The first-order valence-electron chi connectivity index (χ1n) is 7.91. The number of para-hydroxylation sites is 2. The molecule has 0 fully saturated rings. The Morgan fingerprint density at radius 1 is 1.11 bits per heavy atom. The summed E-state index contributed by atoms with van der Waals surface area (Å²) in [5.74, 6) is -0.338. The topological polar surface area (TPSA) is 161 Å². The van der Waals surface area contributed by atoms with Crippen LogP contribution in [0.25, 0.3) is 10.9 Å². The molecule has 3 rings (SSSR count). The number of hydrogen-bond acceptors (Lipinski definition) is 6. The molecule has 0 aliphatic rings. The number of pyridine rings is 1. The van der Waals surface area contributed by atoms with Crippen molar-refractivity contribution in [1.29, 1.82) is 0 Å². The van der Waals surface area contributed by atoms with E-state index in [-0.39, 0.29) is 11.9 Å². The molecular weight excluding hydrogens is 382 g/mol. The lowest BCUT2D eigenvalue weighted by atomic mass is 10.1. The first kappa shape index (κ1) is 20.8. The van der Waals surface area contributed by atoms with E-state index in [1.807, 2.05) is 18.2 Å². The Balaban J connectivity index is 0.000000500. The van der Waals surface area contributed by atoms with Crippen LogP contribution in [0.2, 0.25) is 0 Å². The van der Waals surface area contributed by atoms with Crippen LogP contribution in [0.5, 0.6) is 0 Å². The number of nitrogen functional groups attached to an aromatic ring is 1. The highest BCUT2D eigenvalue weighted by molar-refractivity contribution is 7.85. The standard InChI is InChI=1S/C17H15N5O.CH4O3S/c18-14-8-4-7-12-13(9-10-20-15(12)14)16(23)22-17(19)21-11-5-2-1-3-6-11;1-5(2,3)4/h1-10H,18H2,(H3,19,21,22,23);1H3,(H,2,3,4). The number of benzene rings is 2. The van der Waals surface area contributed by atoms with E-state index in [9.17, 15) is 13.2 Å². The number of carbonyl (C=O) groups is 1. The third-order valence-electron chi connectivity index (χ3n) is 3.29. The maximum atomic E-state index is 12.4. The molecule has 10 heteroatoms. The Labute approximate surface area is 161 Å². The first-order valence-corrected chi connectivity index (χ1v) is 9.76. The predicted molar refractivity (Wildman–Crippen MR) is 109 cm³/mol. The monoisotopic (exact) mass is 401 g/mol. The quantitative estimate of drug-likeness (QED) is 0.220. The van der Waals surface area contributed by atoms with Gasteiger partial charge in [-0.2, -0.15) is 8.42 Å². The van der Waals surface area contributed by atoms with Crippen molar-refractivity contribution in [2.75, 3.05) is 12.0 Å². The number of rotatable bonds is 2. The Hall–Kier alpha value is -3.50. The largest absolute Gasteiger partial charge is 0.397 e. The van der Waals surface area contributed by atoms with Gasteiger partial charge in [0.05, 0.1) is 28.7 Å². The summed E-state index contributed by atoms with van der Waals surface area (Å²) in [6.45, 7) is 0. The number of nitrogens with two attached hydrogens (primary N) is 2. The number of aliphatic imine (C=N–C) groups is 1. The fraction of sp³-hybridized carbons (Fsp3) is 0.0556. The summed E-state index contributed by atoms with van der Waals surface area (Å²) in [7, 11) is -3.67. The molecular formula is C18H19N5O4S. The number of hydrogen-bond donors (Lipinski definition) is 4. The lowest BCUT2D eigenvalue weighted by Gasteiger charge is -2.08. The molecule has 1 amide bonds. The Morgan fingerprint density at radius 3 is 2.39 bits per heavy atom. The number of amides is 1. The minimum Gasteiger partial charge on any atom is -0.397 e. The predicted octanol–water partition coefficient (Wildman–Crippen LogP) is 1.70. The second kappa shape index (κ2) is 8.93. The van der Waals surface area contributed by atoms with Crippen molar-refractivity contribution in [3.63, 3.8) is 0 Å². The second-order valence-corrected chi connectivity index (χ2v) is 7.09. The number of nitrogens with zero attached hydrogens (tertiary/aromatic N) is 2. The SMILES string of the molecule is CS(=O)(=O)O.NC(=Nc1ccccc1)NC(=O)c1ccnc2c(N)cccc12. The summed E-state index contributed by atoms with van der Waals surface area (Å²) in [4.78, 5) is 20.8. The van der Waals surface area contributed by atoms with Gasteiger partial charge in [-0.1, -0.05) is 30.3 Å². The normalized spacial score (nSPS) is 11.4. The Morgan fingerprint density at radius 2 is 1.75 bits per heavy atom. The molecule has 0 saturated heterocycles. The van der Waals surface area contributed by atoms with Crippen molar-refractivity contribution >= 4 is 44.3 Å². The van der Waals surface area contributed by atoms with Gasteiger partial charge in [-0.05, 0) is 24.3 Å². The van der Waals surface area contributed by atoms with Crippen LogP contribution in [-0.4, -0.2) is 36.1 Å². The summed E-state index contributed by atoms with van der Waals surface area (Å²) >= 11 is 0. The molecule has 0 aliphatic carbocycles. The van der Waals surface area contributed by atoms with Crippen LogP contribution in [-0.2, 0) is 10.1 Å². The molecule has 0 spiro atoms. The van der Waals surface area contributed by atoms with E-state index in [4.69, 9.17) is 16.0 Å². The van der Waals surface area contributed by atoms with E-state index < -0.39 is 10.1 Å². The van der Waals surface area contributed by atoms with Crippen LogP contribution < -0.4 is 16.8 Å². The molecule has 3 aromatic rings. The minimum atomic E-state index is -3.67. The van der Waals surface area contributed by atoms with Crippen molar-refractivity contribution in [1.82, 2.24) is 10.3 Å². The number of carbonyl (C=O) groups excluding carboxylic acids is 1. The highest BCUT2D eigenvalue weighted by atomic mass is 32.2. The van der Waals surface area contributed by atoms with Gasteiger partial charge < -0.3 is 11.5 Å². The van der Waals surface area contributed by atoms with E-state index in [1.54, 1.807) is 36.4 Å². The van der Waals surface area contributed by atoms with Gasteiger partial charge in [0.25, 0.3) is 16.0 Å². The van der Waals surface area contributed by atoms with Crippen molar-refractivity contribution in [2.24, 2.45) is 10.7 Å². The molecule has 6 N–H and O–H groups in total. The molecule has 0 saturated carbocycles.